The molecule has 4 rings (SSSR count). The van der Waals surface area contributed by atoms with E-state index in [-0.39, 0.29) is 11.3 Å². The summed E-state index contributed by atoms with van der Waals surface area (Å²) in [6.07, 6.45) is 2.47. The van der Waals surface area contributed by atoms with Crippen LogP contribution < -0.4 is 33.2 Å². The van der Waals surface area contributed by atoms with E-state index in [1.165, 1.54) is 35.5 Å². The Morgan fingerprint density at radius 3 is 1.82 bits per heavy atom. The average molecular weight is 535 g/mol. The minimum absolute atomic E-state index is 0.230. The molecule has 0 heterocycles. The smallest absolute Gasteiger partial charge is 0.203 e. The SMILES string of the molecule is COc1ccc(/C=C2\C(=O)c3cc(OC)c(OC)c(OC)c3C2c2cc(C=O)c(OC)c(OC)c2)cc1OC. The van der Waals surface area contributed by atoms with Crippen molar-refractivity contribution in [1.82, 2.24) is 0 Å². The number of carbonyl (C=O) groups excluding carboxylic acids is 2. The molecule has 0 N–H and O–H groups in total. The Balaban J connectivity index is 2.07. The number of rotatable bonds is 10. The number of fused-ring (bicyclic) bond motifs is 1. The number of ketones is 1. The molecule has 0 radical (unpaired) electrons. The predicted octanol–water partition coefficient (Wildman–Crippen LogP) is 4.97. The molecule has 1 aliphatic carbocycles. The van der Waals surface area contributed by atoms with Crippen molar-refractivity contribution in [2.24, 2.45) is 0 Å². The first-order valence-corrected chi connectivity index (χ1v) is 11.9. The topological polar surface area (TPSA) is 98.8 Å². The summed E-state index contributed by atoms with van der Waals surface area (Å²) in [5.74, 6) is 1.90. The molecule has 39 heavy (non-hydrogen) atoms. The van der Waals surface area contributed by atoms with Gasteiger partial charge in [0.05, 0.1) is 55.3 Å². The molecule has 204 valence electrons. The highest BCUT2D eigenvalue weighted by molar-refractivity contribution is 6.18. The van der Waals surface area contributed by atoms with Crippen molar-refractivity contribution in [2.45, 2.75) is 5.92 Å². The van der Waals surface area contributed by atoms with Crippen molar-refractivity contribution in [3.63, 3.8) is 0 Å². The molecular weight excluding hydrogens is 504 g/mol. The summed E-state index contributed by atoms with van der Waals surface area (Å²) < 4.78 is 38.7. The average Bonchev–Trinajstić information content (AvgIpc) is 3.25. The Hall–Kier alpha value is -4.66. The summed E-state index contributed by atoms with van der Waals surface area (Å²) >= 11 is 0. The highest BCUT2D eigenvalue weighted by Crippen LogP contribution is 2.54. The van der Waals surface area contributed by atoms with Gasteiger partial charge in [-0.2, -0.15) is 0 Å². The van der Waals surface area contributed by atoms with Crippen LogP contribution in [0.4, 0.5) is 0 Å². The van der Waals surface area contributed by atoms with Crippen LogP contribution in [0.2, 0.25) is 0 Å². The lowest BCUT2D eigenvalue weighted by atomic mass is 9.86. The molecule has 0 aromatic heterocycles. The molecule has 0 amide bonds. The molecule has 1 aliphatic rings. The molecule has 0 aliphatic heterocycles. The van der Waals surface area contributed by atoms with Crippen molar-refractivity contribution < 1.29 is 42.7 Å². The largest absolute Gasteiger partial charge is 0.493 e. The van der Waals surface area contributed by atoms with Gasteiger partial charge in [0.15, 0.2) is 46.6 Å². The summed E-state index contributed by atoms with van der Waals surface area (Å²) in [7, 11) is 10.5. The fourth-order valence-electron chi connectivity index (χ4n) is 4.98. The lowest BCUT2D eigenvalue weighted by Crippen LogP contribution is -2.07. The number of methoxy groups -OCH3 is 7. The molecule has 1 atom stereocenters. The molecule has 9 heteroatoms. The van der Waals surface area contributed by atoms with Crippen LogP contribution in [0, 0.1) is 0 Å². The van der Waals surface area contributed by atoms with Crippen LogP contribution in [-0.2, 0) is 0 Å². The lowest BCUT2D eigenvalue weighted by Gasteiger charge is -2.21. The normalized spacial score (nSPS) is 15.0. The fraction of sp³-hybridized carbons (Fsp3) is 0.267. The first-order chi connectivity index (χ1) is 18.9. The highest BCUT2D eigenvalue weighted by atomic mass is 16.5. The summed E-state index contributed by atoms with van der Waals surface area (Å²) in [6.45, 7) is 0. The van der Waals surface area contributed by atoms with Crippen molar-refractivity contribution in [3.05, 3.63) is 69.8 Å². The number of allylic oxidation sites excluding steroid dienone is 1. The van der Waals surface area contributed by atoms with Gasteiger partial charge >= 0.3 is 0 Å². The van der Waals surface area contributed by atoms with Crippen molar-refractivity contribution >= 4 is 18.1 Å². The van der Waals surface area contributed by atoms with E-state index in [1.54, 1.807) is 50.6 Å². The van der Waals surface area contributed by atoms with Crippen molar-refractivity contribution in [2.75, 3.05) is 49.8 Å². The van der Waals surface area contributed by atoms with E-state index in [1.807, 2.05) is 6.07 Å². The number of benzene rings is 3. The quantitative estimate of drug-likeness (QED) is 0.264. The van der Waals surface area contributed by atoms with E-state index in [4.69, 9.17) is 33.2 Å². The van der Waals surface area contributed by atoms with Gasteiger partial charge in [0, 0.05) is 22.6 Å². The van der Waals surface area contributed by atoms with Crippen LogP contribution in [0.1, 0.15) is 43.3 Å². The van der Waals surface area contributed by atoms with Gasteiger partial charge in [0.2, 0.25) is 5.75 Å². The Labute approximate surface area is 226 Å². The van der Waals surface area contributed by atoms with Crippen LogP contribution >= 0.6 is 0 Å². The van der Waals surface area contributed by atoms with Crippen LogP contribution in [-0.4, -0.2) is 61.8 Å². The number of Topliss-reactive ketones (excluding diaryl/α,β-unsaturated/α-hetero) is 1. The maximum absolute atomic E-state index is 14.0. The standard InChI is InChI=1S/C30H30O9/c1-33-21-9-8-16(11-22(21)34-2)10-19-25(17-12-18(15-31)28(37-5)23(13-17)35-3)26-20(27(19)32)14-24(36-4)29(38-6)30(26)39-7/h8-15,25H,1-7H3/b19-10-. The molecular formula is C30H30O9. The Bertz CT molecular complexity index is 1460. The monoisotopic (exact) mass is 534 g/mol. The van der Waals surface area contributed by atoms with Gasteiger partial charge in [0.1, 0.15) is 0 Å². The molecule has 0 spiro atoms. The van der Waals surface area contributed by atoms with E-state index in [0.29, 0.717) is 74.4 Å². The van der Waals surface area contributed by atoms with Crippen LogP contribution in [0.25, 0.3) is 6.08 Å². The van der Waals surface area contributed by atoms with Gasteiger partial charge in [-0.3, -0.25) is 9.59 Å². The van der Waals surface area contributed by atoms with E-state index in [0.717, 1.165) is 0 Å². The number of aldehydes is 1. The molecule has 9 nitrogen and oxygen atoms in total. The number of ether oxygens (including phenoxy) is 7. The van der Waals surface area contributed by atoms with Crippen LogP contribution in [0.3, 0.4) is 0 Å². The number of hydrogen-bond acceptors (Lipinski definition) is 9. The highest BCUT2D eigenvalue weighted by Gasteiger charge is 2.41. The summed E-state index contributed by atoms with van der Waals surface area (Å²) in [5.41, 5.74) is 3.02. The second-order valence-corrected chi connectivity index (χ2v) is 8.55. The van der Waals surface area contributed by atoms with Gasteiger partial charge in [-0.1, -0.05) is 6.07 Å². The van der Waals surface area contributed by atoms with Gasteiger partial charge in [-0.25, -0.2) is 0 Å². The maximum Gasteiger partial charge on any atom is 0.203 e. The first kappa shape index (κ1) is 27.4. The van der Waals surface area contributed by atoms with Crippen molar-refractivity contribution in [1.29, 1.82) is 0 Å². The Morgan fingerprint density at radius 2 is 1.26 bits per heavy atom. The van der Waals surface area contributed by atoms with Gasteiger partial charge in [-0.15, -0.1) is 0 Å². The van der Waals surface area contributed by atoms with E-state index >= 15 is 0 Å². The lowest BCUT2D eigenvalue weighted by molar-refractivity contribution is 0.103. The van der Waals surface area contributed by atoms with E-state index in [9.17, 15) is 9.59 Å². The van der Waals surface area contributed by atoms with Crippen molar-refractivity contribution in [3.8, 4) is 40.2 Å². The Morgan fingerprint density at radius 1 is 0.641 bits per heavy atom. The van der Waals surface area contributed by atoms with Crippen LogP contribution in [0.5, 0.6) is 40.2 Å². The van der Waals surface area contributed by atoms with E-state index in [2.05, 4.69) is 0 Å². The zero-order valence-electron chi connectivity index (χ0n) is 22.9. The number of hydrogen-bond donors (Lipinski definition) is 0. The van der Waals surface area contributed by atoms with Gasteiger partial charge in [0.25, 0.3) is 0 Å². The minimum Gasteiger partial charge on any atom is -0.493 e. The fourth-order valence-corrected chi connectivity index (χ4v) is 4.98. The molecule has 3 aromatic rings. The second kappa shape index (κ2) is 11.4. The molecule has 0 saturated carbocycles. The predicted molar refractivity (Wildman–Crippen MR) is 145 cm³/mol. The summed E-state index contributed by atoms with van der Waals surface area (Å²) in [6, 6.07) is 10.4. The minimum atomic E-state index is -0.645. The molecule has 0 saturated heterocycles. The number of carbonyl (C=O) groups is 2. The zero-order valence-corrected chi connectivity index (χ0v) is 22.9. The third-order valence-electron chi connectivity index (χ3n) is 6.69. The molecule has 0 bridgehead atoms. The molecule has 0 fully saturated rings. The summed E-state index contributed by atoms with van der Waals surface area (Å²) in [4.78, 5) is 26.1. The van der Waals surface area contributed by atoms with Gasteiger partial charge in [-0.05, 0) is 47.5 Å². The third kappa shape index (κ3) is 4.60. The summed E-state index contributed by atoms with van der Waals surface area (Å²) in [5, 5.41) is 0. The second-order valence-electron chi connectivity index (χ2n) is 8.55. The van der Waals surface area contributed by atoms with Crippen LogP contribution in [0.15, 0.2) is 42.0 Å². The third-order valence-corrected chi connectivity index (χ3v) is 6.69. The first-order valence-electron chi connectivity index (χ1n) is 11.9. The molecule has 1 unspecified atom stereocenters. The zero-order chi connectivity index (χ0) is 28.3. The van der Waals surface area contributed by atoms with E-state index < -0.39 is 5.92 Å². The maximum atomic E-state index is 14.0. The molecule has 3 aromatic carbocycles. The van der Waals surface area contributed by atoms with Gasteiger partial charge < -0.3 is 33.2 Å². The Kier molecular flexibility index (Phi) is 7.99.